The average Bonchev–Trinajstić information content (AvgIpc) is 0.708. The standard InChI is InChI=1S/C93H126IN7O28S3/c1-16-101(91(114)122-47-55-32-34-59(35-33-55)98-85(110)57(28-26-39-97-90(96)113)42-63(103)74(49(2)3)99-86(111)56(41-50(4)102)27-23-25-38-95)62-48-121-69(45-67(62)116-11)127-82-77(108)75(100-129-70-44-64(104)84(54(8)123-70)131-87(112)71-51(5)73(94)80(83(120-15)79(71)118-13)128-88-78(109)81(119-14)76(107)53(7)125-88)52(6)124-89(82)126-66-31-22-17-18-24-37-93(115)46-65(105)60(43-68(106)117-12)72(66)61(93)36-40-130-132-92(9,10)58-29-20-19-21-30-58/h17-21,29-30,32-36,49,52-54,56-57,62,64,66-67,69-70,74-78,81-82,84,88-89,100,104,107-109,115H,16,23,25-28,38-48,95H2,1-15H3,(H,98,110)(H,99,111)(H3,96,97,113)/b18-17-,61-36+/t52-,53+,54-,56-,57-,62+,64+,66+,67+,69+,70+,74+,75-,76+,77+,78-,81-,82-,84-,88+,89+,93+/m1/s1. The van der Waals surface area contributed by atoms with Gasteiger partial charge in [0.25, 0.3) is 0 Å². The van der Waals surface area contributed by atoms with Gasteiger partial charge in [-0.25, -0.2) is 9.59 Å². The molecule has 3 aromatic carbocycles. The maximum Gasteiger partial charge on any atom is 0.410 e. The number of aliphatic hydroxyl groups excluding tert-OH is 4. The molecule has 0 aromatic heterocycles. The first-order valence-corrected chi connectivity index (χ1v) is 48.2. The highest BCUT2D eigenvalue weighted by Gasteiger charge is 2.53. The number of amides is 5. The minimum Gasteiger partial charge on any atom is -0.492 e. The van der Waals surface area contributed by atoms with Crippen molar-refractivity contribution in [2.24, 2.45) is 29.2 Å². The number of nitrogens with one attached hydrogen (secondary N) is 4. The molecule has 2 bridgehead atoms. The fourth-order valence-corrected chi connectivity index (χ4v) is 20.7. The highest BCUT2D eigenvalue weighted by Crippen LogP contribution is 2.50. The molecule has 4 fully saturated rings. The summed E-state index contributed by atoms with van der Waals surface area (Å²) in [7, 11) is 9.66. The number of Topliss-reactive ketones (excluding diaryl/α,β-unsaturated/α-hetero) is 3. The molecule has 35 nitrogen and oxygen atoms in total. The Labute approximate surface area is 795 Å². The number of aliphatic hydroxyl groups is 5. The van der Waals surface area contributed by atoms with Crippen molar-refractivity contribution < 1.29 is 135 Å². The summed E-state index contributed by atoms with van der Waals surface area (Å²) in [5.41, 5.74) is 14.2. The molecule has 13 N–H and O–H groups in total. The second-order valence-corrected chi connectivity index (χ2v) is 39.1. The third-order valence-corrected chi connectivity index (χ3v) is 29.5. The van der Waals surface area contributed by atoms with Crippen LogP contribution in [0.4, 0.5) is 15.3 Å². The Morgan fingerprint density at radius 2 is 1.48 bits per heavy atom. The van der Waals surface area contributed by atoms with Crippen LogP contribution in [-0.2, 0) is 92.3 Å². The number of ketones is 3. The first-order chi connectivity index (χ1) is 62.9. The van der Waals surface area contributed by atoms with E-state index in [2.05, 4.69) is 59.0 Å². The number of esters is 1. The molecular formula is C93H126IN7O28S3. The molecule has 4 saturated heterocycles. The molecule has 2 aliphatic carbocycles. The zero-order chi connectivity index (χ0) is 96.6. The summed E-state index contributed by atoms with van der Waals surface area (Å²) in [6.45, 7) is 17.5. The topological polar surface area (TPSA) is 487 Å². The van der Waals surface area contributed by atoms with E-state index in [1.807, 2.05) is 52.9 Å². The minimum atomic E-state index is -2.17. The van der Waals surface area contributed by atoms with Gasteiger partial charge in [0.2, 0.25) is 29.0 Å². The van der Waals surface area contributed by atoms with Crippen LogP contribution in [-0.4, -0.2) is 272 Å². The van der Waals surface area contributed by atoms with Crippen LogP contribution >= 0.6 is 55.9 Å². The summed E-state index contributed by atoms with van der Waals surface area (Å²) < 4.78 is 79.9. The van der Waals surface area contributed by atoms with Crippen LogP contribution in [0.2, 0.25) is 0 Å². The van der Waals surface area contributed by atoms with Crippen molar-refractivity contribution in [3.8, 4) is 40.9 Å². The number of hydroxylamine groups is 1. The van der Waals surface area contributed by atoms with Gasteiger partial charge in [0.15, 0.2) is 47.5 Å². The summed E-state index contributed by atoms with van der Waals surface area (Å²) in [5, 5.41) is 66.6. The number of primary amides is 1. The Hall–Kier alpha value is -7.83. The van der Waals surface area contributed by atoms with Crippen LogP contribution in [0.3, 0.4) is 0 Å². The number of nitrogens with two attached hydrogens (primary N) is 2. The summed E-state index contributed by atoms with van der Waals surface area (Å²) >= 11 is 2.77. The van der Waals surface area contributed by atoms with Gasteiger partial charge in [-0.2, -0.15) is 5.48 Å². The van der Waals surface area contributed by atoms with Crippen LogP contribution in [0.25, 0.3) is 0 Å². The van der Waals surface area contributed by atoms with Gasteiger partial charge in [-0.15, -0.1) is 0 Å². The lowest BCUT2D eigenvalue weighted by Gasteiger charge is -2.47. The van der Waals surface area contributed by atoms with E-state index in [1.165, 1.54) is 70.3 Å². The molecule has 0 spiro atoms. The van der Waals surface area contributed by atoms with E-state index in [0.717, 1.165) is 17.3 Å². The molecule has 726 valence electrons. The Bertz CT molecular complexity index is 4710. The normalized spacial score (nSPS) is 27.8. The highest BCUT2D eigenvalue weighted by atomic mass is 127. The maximum atomic E-state index is 14.7. The SMILES string of the molecule is CCN(C(=O)OCc1ccc(NC(=O)[C@H](CCCNC(N)=O)CC(=O)[C@@H](NC(=O)[C@H](CCCCN)CC(C)=O)C(C)C)cc1)[C@H]1CO[C@@H](O[C@H]2[C@H](O[C@H]3C#C/C=C\C#C[C@]4(O)CC(=O)C(CC(=O)OC)=C3/C4=C\CSSC(C)(C)c3ccccc3)O[C@H](C)[C@@H](NO[C@H]3C[C@H](O)[C@H](SC(=O)c4c(C)c(I)c(O[C@@H]5O[C@@H](C)[C@H](O)[C@@H](OC)[C@H]5O)c(OC)c4OC)[C@@H](C)O3)[C@@H]2O)C[C@@H]1OC. The average molecular weight is 2010 g/mol. The lowest BCUT2D eigenvalue weighted by molar-refractivity contribution is -0.337. The van der Waals surface area contributed by atoms with Gasteiger partial charge in [0, 0.05) is 97.7 Å². The number of methoxy groups -OCH3 is 5. The number of rotatable bonds is 44. The number of hydrogen-bond acceptors (Lipinski definition) is 33. The van der Waals surface area contributed by atoms with Crippen LogP contribution in [0.1, 0.15) is 160 Å². The Kier molecular flexibility index (Phi) is 41.5. The predicted molar refractivity (Wildman–Crippen MR) is 499 cm³/mol. The highest BCUT2D eigenvalue weighted by molar-refractivity contribution is 14.1. The van der Waals surface area contributed by atoms with Crippen LogP contribution in [0.5, 0.6) is 17.2 Å². The van der Waals surface area contributed by atoms with Crippen molar-refractivity contribution in [1.29, 1.82) is 0 Å². The number of anilines is 1. The maximum absolute atomic E-state index is 14.7. The fraction of sp³-hybridized carbons (Fsp3) is 0.602. The molecule has 4 heterocycles. The number of hydrogen-bond donors (Lipinski definition) is 11. The molecule has 5 amide bonds. The van der Waals surface area contributed by atoms with Crippen LogP contribution in [0.15, 0.2) is 89.5 Å². The lowest BCUT2D eigenvalue weighted by atomic mass is 9.72. The molecule has 0 unspecified atom stereocenters. The Morgan fingerprint density at radius 1 is 0.795 bits per heavy atom. The van der Waals surface area contributed by atoms with Gasteiger partial charge in [-0.05, 0) is 157 Å². The number of likely N-dealkylation sites (N-methyl/N-ethyl adjacent to an activating group) is 1. The number of ether oxygens (including phenoxy) is 13. The number of urea groups is 1. The first-order valence-electron chi connectivity index (χ1n) is 44.0. The number of nitrogens with zero attached hydrogens (tertiary/aromatic N) is 1. The Balaban J connectivity index is 0.936. The number of unbranched alkanes of at least 4 members (excludes halogenated alkanes) is 1. The minimum absolute atomic E-state index is 0.00628. The molecule has 4 aliphatic heterocycles. The third-order valence-electron chi connectivity index (χ3n) is 23.8. The number of halogens is 1. The van der Waals surface area contributed by atoms with Crippen molar-refractivity contribution in [1.82, 2.24) is 21.0 Å². The zero-order valence-corrected chi connectivity index (χ0v) is 81.6. The lowest BCUT2D eigenvalue weighted by Crippen LogP contribution is -2.65. The summed E-state index contributed by atoms with van der Waals surface area (Å²) in [4.78, 5) is 131. The van der Waals surface area contributed by atoms with Crippen molar-refractivity contribution in [2.75, 3.05) is 72.9 Å². The molecule has 6 aliphatic rings. The summed E-state index contributed by atoms with van der Waals surface area (Å²) in [6, 6.07) is 12.5. The summed E-state index contributed by atoms with van der Waals surface area (Å²) in [5.74, 6) is 7.05. The molecule has 132 heavy (non-hydrogen) atoms. The molecule has 3 aromatic rings. The monoisotopic (exact) mass is 2010 g/mol. The van der Waals surface area contributed by atoms with Crippen LogP contribution < -0.4 is 47.1 Å². The number of benzene rings is 3. The first kappa shape index (κ1) is 108. The van der Waals surface area contributed by atoms with Crippen molar-refractivity contribution in [3.05, 3.63) is 115 Å². The number of thioether (sulfide) groups is 1. The van der Waals surface area contributed by atoms with E-state index in [1.54, 1.807) is 89.6 Å². The zero-order valence-electron chi connectivity index (χ0n) is 77.0. The number of carbonyl (C=O) groups excluding carboxylic acids is 9. The van der Waals surface area contributed by atoms with E-state index in [9.17, 15) is 68.7 Å². The quantitative estimate of drug-likeness (QED) is 0.00638. The van der Waals surface area contributed by atoms with Gasteiger partial charge < -0.3 is 124 Å². The van der Waals surface area contributed by atoms with E-state index in [-0.39, 0.29) is 122 Å². The van der Waals surface area contributed by atoms with Crippen LogP contribution in [0, 0.1) is 51.9 Å². The fourth-order valence-electron chi connectivity index (χ4n) is 16.5. The number of carbonyl (C=O) groups is 9. The largest absolute Gasteiger partial charge is 0.492 e. The molecule has 0 radical (unpaired) electrons. The molecule has 39 heteroatoms. The van der Waals surface area contributed by atoms with Crippen molar-refractivity contribution in [3.63, 3.8) is 0 Å². The number of allylic oxidation sites excluding steroid dienone is 2. The van der Waals surface area contributed by atoms with E-state index >= 15 is 0 Å². The second-order valence-electron chi connectivity index (χ2n) is 33.9. The van der Waals surface area contributed by atoms with E-state index in [4.69, 9.17) is 77.9 Å². The van der Waals surface area contributed by atoms with Crippen molar-refractivity contribution >= 4 is 114 Å². The molecular weight excluding hydrogens is 1890 g/mol. The number of fused-ring (bicyclic) bond motifs is 2. The Morgan fingerprint density at radius 3 is 2.13 bits per heavy atom. The van der Waals surface area contributed by atoms with E-state index in [0.29, 0.717) is 46.2 Å². The van der Waals surface area contributed by atoms with Gasteiger partial charge >= 0.3 is 18.1 Å². The van der Waals surface area contributed by atoms with E-state index < -0.39 is 197 Å². The second kappa shape index (κ2) is 50.8. The summed E-state index contributed by atoms with van der Waals surface area (Å²) in [6.07, 6.45) is -14.9. The van der Waals surface area contributed by atoms with Gasteiger partial charge in [-0.3, -0.25) is 33.6 Å². The smallest absolute Gasteiger partial charge is 0.410 e. The van der Waals surface area contributed by atoms with Gasteiger partial charge in [0.1, 0.15) is 49.0 Å². The predicted octanol–water partition coefficient (Wildman–Crippen LogP) is 7.98. The molecule has 0 saturated carbocycles. The molecule has 22 atom stereocenters. The van der Waals surface area contributed by atoms with Crippen molar-refractivity contribution in [2.45, 2.75) is 273 Å². The molecule has 9 rings (SSSR count). The third kappa shape index (κ3) is 28.2. The van der Waals surface area contributed by atoms with Gasteiger partial charge in [-0.1, -0.05) is 126 Å². The van der Waals surface area contributed by atoms with Gasteiger partial charge in [0.05, 0.1) is 104 Å².